The Hall–Kier alpha value is -1.14. The van der Waals surface area contributed by atoms with Gasteiger partial charge in [0.25, 0.3) is 0 Å². The number of methoxy groups -OCH3 is 1. The summed E-state index contributed by atoms with van der Waals surface area (Å²) in [4.78, 5) is 15.7. The molecule has 0 bridgehead atoms. The molecular weight excluding hydrogens is 304 g/mol. The van der Waals surface area contributed by atoms with E-state index in [1.807, 2.05) is 12.1 Å². The molecule has 1 atom stereocenters. The van der Waals surface area contributed by atoms with E-state index in [0.29, 0.717) is 18.1 Å². The summed E-state index contributed by atoms with van der Waals surface area (Å²) in [7, 11) is 1.41. The van der Waals surface area contributed by atoms with Crippen LogP contribution in [0.25, 0.3) is 0 Å². The summed E-state index contributed by atoms with van der Waals surface area (Å²) in [5.41, 5.74) is 0.836. The fraction of sp³-hybridized carbons (Fsp3) is 0.562. The predicted octanol–water partition coefficient (Wildman–Crippen LogP) is 1.55. The van der Waals surface area contributed by atoms with Crippen LogP contribution in [0.4, 0.5) is 0 Å². The van der Waals surface area contributed by atoms with E-state index in [-0.39, 0.29) is 5.97 Å². The summed E-state index contributed by atoms with van der Waals surface area (Å²) in [5.74, 6) is -0.201. The van der Waals surface area contributed by atoms with Gasteiger partial charge in [0.05, 0.1) is 19.8 Å². The highest BCUT2D eigenvalue weighted by Gasteiger charge is 2.19. The van der Waals surface area contributed by atoms with E-state index in [0.717, 1.165) is 38.2 Å². The second-order valence-electron chi connectivity index (χ2n) is 5.58. The normalized spacial score (nSPS) is 18.7. The summed E-state index contributed by atoms with van der Waals surface area (Å²) in [6.07, 6.45) is 0.421. The first-order chi connectivity index (χ1) is 10.6. The first-order valence-electron chi connectivity index (χ1n) is 7.53. The molecule has 5 nitrogen and oxygen atoms in total. The molecule has 1 N–H and O–H groups in total. The van der Waals surface area contributed by atoms with Crippen LogP contribution in [0.3, 0.4) is 0 Å². The zero-order valence-electron chi connectivity index (χ0n) is 12.9. The number of nitrogens with zero attached hydrogens (tertiary/aromatic N) is 2. The van der Waals surface area contributed by atoms with Gasteiger partial charge in [-0.15, -0.1) is 0 Å². The van der Waals surface area contributed by atoms with Crippen molar-refractivity contribution in [1.29, 1.82) is 0 Å². The largest absolute Gasteiger partial charge is 0.468 e. The van der Waals surface area contributed by atoms with Crippen molar-refractivity contribution in [3.05, 3.63) is 34.9 Å². The van der Waals surface area contributed by atoms with Crippen molar-refractivity contribution in [3.8, 4) is 0 Å². The lowest BCUT2D eigenvalue weighted by Gasteiger charge is -2.24. The number of halogens is 1. The van der Waals surface area contributed by atoms with Crippen molar-refractivity contribution in [2.24, 2.45) is 0 Å². The van der Waals surface area contributed by atoms with Crippen molar-refractivity contribution >= 4 is 17.6 Å². The van der Waals surface area contributed by atoms with E-state index >= 15 is 0 Å². The van der Waals surface area contributed by atoms with Crippen LogP contribution >= 0.6 is 11.6 Å². The second kappa shape index (κ2) is 8.48. The molecule has 22 heavy (non-hydrogen) atoms. The molecular formula is C16H23ClN2O3. The van der Waals surface area contributed by atoms with Crippen LogP contribution in [-0.2, 0) is 9.53 Å². The number of benzene rings is 1. The van der Waals surface area contributed by atoms with Crippen LogP contribution in [0.15, 0.2) is 24.3 Å². The maximum atomic E-state index is 11.3. The van der Waals surface area contributed by atoms with Crippen molar-refractivity contribution in [3.63, 3.8) is 0 Å². The molecule has 0 radical (unpaired) electrons. The third-order valence-corrected chi connectivity index (χ3v) is 4.16. The van der Waals surface area contributed by atoms with Gasteiger partial charge in [-0.05, 0) is 30.7 Å². The van der Waals surface area contributed by atoms with E-state index < -0.39 is 6.10 Å². The number of carbonyl (C=O) groups is 1. The van der Waals surface area contributed by atoms with Crippen LogP contribution in [0, 0.1) is 0 Å². The number of ether oxygens (including phenoxy) is 1. The molecule has 0 amide bonds. The standard InChI is InChI=1S/C16H23ClN2O3/c1-22-16(21)12-19-7-3-6-18(8-9-19)11-15(20)13-4-2-5-14(17)10-13/h2,4-5,10,15,20H,3,6-9,11-12H2,1H3. The molecule has 0 aromatic heterocycles. The Morgan fingerprint density at radius 1 is 1.32 bits per heavy atom. The molecule has 0 aliphatic carbocycles. The smallest absolute Gasteiger partial charge is 0.319 e. The second-order valence-corrected chi connectivity index (χ2v) is 6.01. The lowest BCUT2D eigenvalue weighted by molar-refractivity contribution is -0.141. The summed E-state index contributed by atoms with van der Waals surface area (Å²) < 4.78 is 4.71. The van der Waals surface area contributed by atoms with Gasteiger partial charge >= 0.3 is 5.97 Å². The number of aliphatic hydroxyl groups excluding tert-OH is 1. The van der Waals surface area contributed by atoms with Crippen molar-refractivity contribution < 1.29 is 14.6 Å². The monoisotopic (exact) mass is 326 g/mol. The Kier molecular flexibility index (Phi) is 6.64. The van der Waals surface area contributed by atoms with Gasteiger partial charge < -0.3 is 9.84 Å². The Bertz CT molecular complexity index is 498. The summed E-state index contributed by atoms with van der Waals surface area (Å²) >= 11 is 5.96. The topological polar surface area (TPSA) is 53.0 Å². The third-order valence-electron chi connectivity index (χ3n) is 3.93. The highest BCUT2D eigenvalue weighted by Crippen LogP contribution is 2.19. The first kappa shape index (κ1) is 17.2. The highest BCUT2D eigenvalue weighted by atomic mass is 35.5. The Morgan fingerprint density at radius 2 is 2.05 bits per heavy atom. The fourth-order valence-corrected chi connectivity index (χ4v) is 2.87. The molecule has 1 heterocycles. The molecule has 1 aliphatic rings. The lowest BCUT2D eigenvalue weighted by Crippen LogP contribution is -2.35. The molecule has 1 aliphatic heterocycles. The number of hydrogen-bond donors (Lipinski definition) is 1. The zero-order chi connectivity index (χ0) is 15.9. The van der Waals surface area contributed by atoms with Crippen molar-refractivity contribution in [2.45, 2.75) is 12.5 Å². The highest BCUT2D eigenvalue weighted by molar-refractivity contribution is 6.30. The van der Waals surface area contributed by atoms with Crippen molar-refractivity contribution in [2.75, 3.05) is 46.4 Å². The summed E-state index contributed by atoms with van der Waals surface area (Å²) in [6, 6.07) is 7.33. The maximum Gasteiger partial charge on any atom is 0.319 e. The molecule has 1 fully saturated rings. The minimum absolute atomic E-state index is 0.201. The SMILES string of the molecule is COC(=O)CN1CCCN(CC(O)c2cccc(Cl)c2)CC1. The molecule has 1 saturated heterocycles. The number of carbonyl (C=O) groups excluding carboxylic acids is 1. The minimum Gasteiger partial charge on any atom is -0.468 e. The molecule has 1 aromatic rings. The number of hydrogen-bond acceptors (Lipinski definition) is 5. The molecule has 122 valence electrons. The Morgan fingerprint density at radius 3 is 2.77 bits per heavy atom. The molecule has 1 aromatic carbocycles. The fourth-order valence-electron chi connectivity index (χ4n) is 2.68. The van der Waals surface area contributed by atoms with E-state index in [4.69, 9.17) is 16.3 Å². The summed E-state index contributed by atoms with van der Waals surface area (Å²) in [5, 5.41) is 11.0. The van der Waals surface area contributed by atoms with E-state index in [2.05, 4.69) is 9.80 Å². The quantitative estimate of drug-likeness (QED) is 0.832. The Balaban J connectivity index is 1.85. The summed E-state index contributed by atoms with van der Waals surface area (Å²) in [6.45, 7) is 4.33. The number of aliphatic hydroxyl groups is 1. The number of rotatable bonds is 5. The van der Waals surface area contributed by atoms with Crippen LogP contribution in [-0.4, -0.2) is 67.3 Å². The Labute approximate surface area is 136 Å². The minimum atomic E-state index is -0.550. The van der Waals surface area contributed by atoms with Gasteiger partial charge in [-0.3, -0.25) is 14.6 Å². The molecule has 0 saturated carbocycles. The van der Waals surface area contributed by atoms with E-state index in [9.17, 15) is 9.90 Å². The average Bonchev–Trinajstić information content (AvgIpc) is 2.72. The van der Waals surface area contributed by atoms with Gasteiger partial charge in [0.15, 0.2) is 0 Å². The maximum absolute atomic E-state index is 11.3. The third kappa shape index (κ3) is 5.25. The van der Waals surface area contributed by atoms with Gasteiger partial charge in [-0.2, -0.15) is 0 Å². The molecule has 2 rings (SSSR count). The van der Waals surface area contributed by atoms with Gasteiger partial charge in [0, 0.05) is 31.2 Å². The lowest BCUT2D eigenvalue weighted by atomic mass is 10.1. The van der Waals surface area contributed by atoms with Crippen molar-refractivity contribution in [1.82, 2.24) is 9.80 Å². The van der Waals surface area contributed by atoms with Crippen LogP contribution in [0.5, 0.6) is 0 Å². The number of esters is 1. The molecule has 6 heteroatoms. The van der Waals surface area contributed by atoms with Crippen LogP contribution in [0.2, 0.25) is 5.02 Å². The zero-order valence-corrected chi connectivity index (χ0v) is 13.6. The van der Waals surface area contributed by atoms with Crippen LogP contribution < -0.4 is 0 Å². The van der Waals surface area contributed by atoms with Gasteiger partial charge in [0.1, 0.15) is 0 Å². The molecule has 1 unspecified atom stereocenters. The van der Waals surface area contributed by atoms with Gasteiger partial charge in [0.2, 0.25) is 0 Å². The van der Waals surface area contributed by atoms with Gasteiger partial charge in [-0.25, -0.2) is 0 Å². The predicted molar refractivity (Wildman–Crippen MR) is 85.9 cm³/mol. The van der Waals surface area contributed by atoms with Gasteiger partial charge in [-0.1, -0.05) is 23.7 Å². The molecule has 0 spiro atoms. The van der Waals surface area contributed by atoms with E-state index in [1.54, 1.807) is 12.1 Å². The number of β-amino-alcohol motifs (C(OH)–C–C–N with tert-alkyl or cyclic N) is 1. The van der Waals surface area contributed by atoms with Crippen LogP contribution in [0.1, 0.15) is 18.1 Å². The first-order valence-corrected chi connectivity index (χ1v) is 7.91. The average molecular weight is 327 g/mol. The van der Waals surface area contributed by atoms with E-state index in [1.165, 1.54) is 7.11 Å².